The largest absolute Gasteiger partial charge is 0.381 e. The molecule has 4 heterocycles. The summed E-state index contributed by atoms with van der Waals surface area (Å²) in [5, 5.41) is 7.60. The fraction of sp³-hybridized carbons (Fsp3) is 0.267. The highest BCUT2D eigenvalue weighted by molar-refractivity contribution is 5.79. The van der Waals surface area contributed by atoms with Crippen molar-refractivity contribution in [2.45, 2.75) is 31.7 Å². The van der Waals surface area contributed by atoms with Crippen LogP contribution in [0.2, 0.25) is 0 Å². The van der Waals surface area contributed by atoms with Gasteiger partial charge in [-0.25, -0.2) is 4.98 Å². The first kappa shape index (κ1) is 23.9. The number of pyridine rings is 2. The molecule has 3 aromatic heterocycles. The summed E-state index contributed by atoms with van der Waals surface area (Å²) >= 11 is 0. The Hall–Kier alpha value is -4.48. The molecule has 38 heavy (non-hydrogen) atoms. The van der Waals surface area contributed by atoms with Crippen LogP contribution in [0.5, 0.6) is 0 Å². The maximum atomic E-state index is 13.6. The molecule has 190 valence electrons. The number of likely N-dealkylation sites (N-methyl/N-ethyl adjacent to an activating group) is 1. The quantitative estimate of drug-likeness (QED) is 0.388. The van der Waals surface area contributed by atoms with Crippen molar-refractivity contribution < 1.29 is 0 Å². The van der Waals surface area contributed by atoms with E-state index < -0.39 is 0 Å². The van der Waals surface area contributed by atoms with E-state index in [0.717, 1.165) is 61.1 Å². The van der Waals surface area contributed by atoms with Gasteiger partial charge in [-0.05, 0) is 87.3 Å². The Morgan fingerprint density at radius 2 is 1.87 bits per heavy atom. The van der Waals surface area contributed by atoms with Crippen molar-refractivity contribution in [3.8, 4) is 17.5 Å². The first-order chi connectivity index (χ1) is 18.6. The molecular weight excluding hydrogens is 474 g/mol. The molecule has 1 aliphatic carbocycles. The number of benzene rings is 1. The average Bonchev–Trinajstić information content (AvgIpc) is 3.61. The van der Waals surface area contributed by atoms with Crippen LogP contribution in [0.1, 0.15) is 31.2 Å². The van der Waals surface area contributed by atoms with Crippen LogP contribution in [0, 0.1) is 11.8 Å². The lowest BCUT2D eigenvalue weighted by Crippen LogP contribution is -2.23. The van der Waals surface area contributed by atoms with Crippen LogP contribution in [0.3, 0.4) is 0 Å². The number of anilines is 3. The van der Waals surface area contributed by atoms with E-state index in [0.29, 0.717) is 28.9 Å². The Labute approximate surface area is 221 Å². The minimum absolute atomic E-state index is 0.215. The minimum atomic E-state index is -0.215. The molecule has 1 fully saturated rings. The molecule has 2 aliphatic rings. The Bertz CT molecular complexity index is 1610. The number of nitrogens with one attached hydrogen (secondary N) is 2. The molecule has 0 amide bonds. The molecule has 0 spiro atoms. The summed E-state index contributed by atoms with van der Waals surface area (Å²) in [5.41, 5.74) is 4.43. The van der Waals surface area contributed by atoms with Crippen LogP contribution < -0.4 is 16.2 Å². The van der Waals surface area contributed by atoms with Gasteiger partial charge in [-0.2, -0.15) is 4.98 Å². The second-order valence-electron chi connectivity index (χ2n) is 9.84. The van der Waals surface area contributed by atoms with Gasteiger partial charge in [0.05, 0.1) is 11.3 Å². The molecule has 0 radical (unpaired) electrons. The zero-order chi connectivity index (χ0) is 25.9. The van der Waals surface area contributed by atoms with E-state index in [1.165, 1.54) is 0 Å². The van der Waals surface area contributed by atoms with Crippen LogP contribution in [0.25, 0.3) is 16.7 Å². The summed E-state index contributed by atoms with van der Waals surface area (Å²) in [6.45, 7) is 2.17. The van der Waals surface area contributed by atoms with Crippen LogP contribution in [-0.4, -0.2) is 50.6 Å². The molecule has 4 aromatic rings. The lowest BCUT2D eigenvalue weighted by atomic mass is 10.2. The van der Waals surface area contributed by atoms with E-state index >= 15 is 0 Å². The highest BCUT2D eigenvalue weighted by Crippen LogP contribution is 2.22. The summed E-state index contributed by atoms with van der Waals surface area (Å²) in [5.74, 6) is 6.69. The number of hydrogen-bond acceptors (Lipinski definition) is 7. The third-order valence-electron chi connectivity index (χ3n) is 6.96. The van der Waals surface area contributed by atoms with E-state index in [-0.39, 0.29) is 5.56 Å². The first-order valence-electron chi connectivity index (χ1n) is 13.0. The highest BCUT2D eigenvalue weighted by Gasteiger charge is 2.19. The zero-order valence-corrected chi connectivity index (χ0v) is 21.3. The van der Waals surface area contributed by atoms with Gasteiger partial charge in [-0.1, -0.05) is 17.9 Å². The van der Waals surface area contributed by atoms with E-state index in [1.807, 2.05) is 12.1 Å². The van der Waals surface area contributed by atoms with Crippen LogP contribution in [-0.2, 0) is 0 Å². The smallest absolute Gasteiger partial charge is 0.272 e. The van der Waals surface area contributed by atoms with E-state index in [9.17, 15) is 4.79 Å². The molecule has 1 atom stereocenters. The molecule has 8 heteroatoms. The summed E-state index contributed by atoms with van der Waals surface area (Å²) in [6, 6.07) is 13.9. The summed E-state index contributed by atoms with van der Waals surface area (Å²) in [4.78, 5) is 29.3. The lowest BCUT2D eigenvalue weighted by Gasteiger charge is -2.15. The third kappa shape index (κ3) is 5.15. The molecular formula is C30H29N7O. The fourth-order valence-electron chi connectivity index (χ4n) is 4.98. The maximum absolute atomic E-state index is 13.6. The number of hydrogen-bond donors (Lipinski definition) is 2. The van der Waals surface area contributed by atoms with Crippen molar-refractivity contribution >= 4 is 28.4 Å². The molecule has 2 N–H and O–H groups in total. The molecule has 8 nitrogen and oxygen atoms in total. The average molecular weight is 504 g/mol. The predicted molar refractivity (Wildman–Crippen MR) is 151 cm³/mol. The zero-order valence-electron chi connectivity index (χ0n) is 21.3. The normalized spacial score (nSPS) is 17.2. The standard InChI is InChI=1S/C30H29N7O/c1-36-17-14-26(20-36)33-24-8-10-25(11-9-24)34-30-32-19-23-18-22(7-6-21-4-2-3-5-21)29(38)37(28(23)35-30)27-12-15-31-16-13-27/h4,8-13,15-16,18-19,26,33H,2-3,5,14,17,20H2,1H3,(H,32,34,35). The van der Waals surface area contributed by atoms with Gasteiger partial charge in [0.25, 0.3) is 5.56 Å². The van der Waals surface area contributed by atoms with Crippen molar-refractivity contribution in [2.24, 2.45) is 0 Å². The first-order valence-corrected chi connectivity index (χ1v) is 13.0. The van der Waals surface area contributed by atoms with Gasteiger partial charge in [-0.3, -0.25) is 14.3 Å². The van der Waals surface area contributed by atoms with Crippen LogP contribution >= 0.6 is 0 Å². The number of nitrogens with zero attached hydrogens (tertiary/aromatic N) is 5. The van der Waals surface area contributed by atoms with E-state index in [1.54, 1.807) is 41.4 Å². The molecule has 1 saturated heterocycles. The Morgan fingerprint density at radius 3 is 2.61 bits per heavy atom. The number of rotatable bonds is 5. The fourth-order valence-corrected chi connectivity index (χ4v) is 4.98. The second kappa shape index (κ2) is 10.5. The number of likely N-dealkylation sites (tertiary alicyclic amines) is 1. The highest BCUT2D eigenvalue weighted by atomic mass is 16.1. The topological polar surface area (TPSA) is 88.0 Å². The second-order valence-corrected chi connectivity index (χ2v) is 9.84. The third-order valence-corrected chi connectivity index (χ3v) is 6.96. The van der Waals surface area contributed by atoms with Gasteiger partial charge in [-0.15, -0.1) is 0 Å². The molecule has 1 aliphatic heterocycles. The van der Waals surface area contributed by atoms with Gasteiger partial charge in [0.15, 0.2) is 5.65 Å². The number of fused-ring (bicyclic) bond motifs is 1. The molecule has 6 rings (SSSR count). The SMILES string of the molecule is CN1CCC(Nc2ccc(Nc3ncc4cc(C#CC5=CCCC5)c(=O)n(-c5ccncc5)c4n3)cc2)C1. The predicted octanol–water partition coefficient (Wildman–Crippen LogP) is 4.50. The van der Waals surface area contributed by atoms with E-state index in [4.69, 9.17) is 4.98 Å². The maximum Gasteiger partial charge on any atom is 0.272 e. The Kier molecular flexibility index (Phi) is 6.59. The number of allylic oxidation sites excluding steroid dienone is 2. The van der Waals surface area contributed by atoms with Gasteiger partial charge in [0.2, 0.25) is 5.95 Å². The molecule has 1 aromatic carbocycles. The Balaban J connectivity index is 1.32. The Morgan fingerprint density at radius 1 is 1.05 bits per heavy atom. The summed E-state index contributed by atoms with van der Waals surface area (Å²) in [7, 11) is 2.15. The molecule has 1 unspecified atom stereocenters. The molecule has 0 saturated carbocycles. The van der Waals surface area contributed by atoms with Crippen molar-refractivity contribution in [3.63, 3.8) is 0 Å². The monoisotopic (exact) mass is 503 g/mol. The van der Waals surface area contributed by atoms with Crippen molar-refractivity contribution in [3.05, 3.63) is 88.6 Å². The van der Waals surface area contributed by atoms with Gasteiger partial charge < -0.3 is 15.5 Å². The van der Waals surface area contributed by atoms with Crippen molar-refractivity contribution in [1.29, 1.82) is 0 Å². The van der Waals surface area contributed by atoms with Gasteiger partial charge >= 0.3 is 0 Å². The van der Waals surface area contributed by atoms with Crippen molar-refractivity contribution in [1.82, 2.24) is 24.4 Å². The summed E-state index contributed by atoms with van der Waals surface area (Å²) in [6.07, 6.45) is 11.5. The number of aromatic nitrogens is 4. The van der Waals surface area contributed by atoms with Crippen LogP contribution in [0.4, 0.5) is 17.3 Å². The summed E-state index contributed by atoms with van der Waals surface area (Å²) < 4.78 is 1.59. The van der Waals surface area contributed by atoms with Gasteiger partial charge in [0.1, 0.15) is 0 Å². The van der Waals surface area contributed by atoms with Crippen molar-refractivity contribution in [2.75, 3.05) is 30.8 Å². The van der Waals surface area contributed by atoms with E-state index in [2.05, 4.69) is 62.6 Å². The van der Waals surface area contributed by atoms with Gasteiger partial charge in [0, 0.05) is 47.9 Å². The minimum Gasteiger partial charge on any atom is -0.381 e. The van der Waals surface area contributed by atoms with Crippen LogP contribution in [0.15, 0.2) is 77.5 Å². The molecule has 0 bridgehead atoms. The lowest BCUT2D eigenvalue weighted by molar-refractivity contribution is 0.414.